The van der Waals surface area contributed by atoms with E-state index in [2.05, 4.69) is 0 Å². The summed E-state index contributed by atoms with van der Waals surface area (Å²) in [6.07, 6.45) is 0.851. The molecule has 0 aliphatic heterocycles. The molecule has 0 aromatic carbocycles. The average Bonchev–Trinajstić information content (AvgIpc) is 2.18. The van der Waals surface area contributed by atoms with E-state index in [1.54, 1.807) is 4.90 Å². The molecule has 1 atom stereocenters. The van der Waals surface area contributed by atoms with Crippen LogP contribution in [0.1, 0.15) is 27.2 Å². The van der Waals surface area contributed by atoms with Crippen molar-refractivity contribution in [2.75, 3.05) is 26.7 Å². The number of carbonyl (C=O) groups is 1. The lowest BCUT2D eigenvalue weighted by Crippen LogP contribution is -2.45. The number of amides is 2. The van der Waals surface area contributed by atoms with Gasteiger partial charge in [-0.05, 0) is 33.7 Å². The summed E-state index contributed by atoms with van der Waals surface area (Å²) in [5.74, 6) is 0. The Kier molecular flexibility index (Phi) is 6.28. The molecule has 0 saturated carbocycles. The van der Waals surface area contributed by atoms with Gasteiger partial charge in [0.2, 0.25) is 0 Å². The van der Waals surface area contributed by atoms with Crippen molar-refractivity contribution in [2.24, 2.45) is 5.73 Å². The number of carbonyl (C=O) groups excluding carboxylic acids is 1. The van der Waals surface area contributed by atoms with Gasteiger partial charge in [-0.1, -0.05) is 0 Å². The minimum Gasteiger partial charge on any atom is -0.330 e. The Morgan fingerprint density at radius 3 is 2.21 bits per heavy atom. The number of nitrogens with two attached hydrogens (primary N) is 1. The highest BCUT2D eigenvalue weighted by molar-refractivity contribution is 5.74. The van der Waals surface area contributed by atoms with Gasteiger partial charge in [0.1, 0.15) is 0 Å². The molecule has 0 saturated heterocycles. The summed E-state index contributed by atoms with van der Waals surface area (Å²) in [5, 5.41) is 0. The average molecular weight is 201 g/mol. The van der Waals surface area contributed by atoms with Crippen LogP contribution in [0.25, 0.3) is 0 Å². The van der Waals surface area contributed by atoms with E-state index in [-0.39, 0.29) is 12.1 Å². The van der Waals surface area contributed by atoms with Crippen molar-refractivity contribution >= 4 is 6.03 Å². The van der Waals surface area contributed by atoms with Gasteiger partial charge < -0.3 is 15.5 Å². The maximum Gasteiger partial charge on any atom is 0.319 e. The highest BCUT2D eigenvalue weighted by atomic mass is 16.2. The molecule has 0 fully saturated rings. The molecule has 2 N–H and O–H groups in total. The Morgan fingerprint density at radius 2 is 1.86 bits per heavy atom. The van der Waals surface area contributed by atoms with Crippen molar-refractivity contribution in [1.82, 2.24) is 9.80 Å². The van der Waals surface area contributed by atoms with Gasteiger partial charge in [0.05, 0.1) is 0 Å². The normalized spacial score (nSPS) is 12.4. The molecule has 0 heterocycles. The molecule has 84 valence electrons. The fourth-order valence-corrected chi connectivity index (χ4v) is 1.34. The first-order valence-electron chi connectivity index (χ1n) is 5.30. The largest absolute Gasteiger partial charge is 0.330 e. The third-order valence-electron chi connectivity index (χ3n) is 2.58. The van der Waals surface area contributed by atoms with Gasteiger partial charge in [-0.2, -0.15) is 0 Å². The van der Waals surface area contributed by atoms with Gasteiger partial charge in [0, 0.05) is 26.2 Å². The first kappa shape index (κ1) is 13.2. The SMILES string of the molecule is CCN(CC)C(=O)N(C)C(C)CCN. The van der Waals surface area contributed by atoms with Crippen molar-refractivity contribution in [3.8, 4) is 0 Å². The van der Waals surface area contributed by atoms with Crippen LogP contribution in [-0.4, -0.2) is 48.6 Å². The van der Waals surface area contributed by atoms with Gasteiger partial charge in [-0.15, -0.1) is 0 Å². The number of nitrogens with zero attached hydrogens (tertiary/aromatic N) is 2. The predicted molar refractivity (Wildman–Crippen MR) is 59.2 cm³/mol. The maximum atomic E-state index is 11.8. The number of rotatable bonds is 5. The second-order valence-corrected chi connectivity index (χ2v) is 3.49. The molecule has 0 aromatic heterocycles. The van der Waals surface area contributed by atoms with E-state index in [9.17, 15) is 4.79 Å². The van der Waals surface area contributed by atoms with Crippen LogP contribution < -0.4 is 5.73 Å². The molecule has 4 nitrogen and oxygen atoms in total. The minimum atomic E-state index is 0.0935. The summed E-state index contributed by atoms with van der Waals surface area (Å²) >= 11 is 0. The molecule has 0 rings (SSSR count). The van der Waals surface area contributed by atoms with Crippen LogP contribution in [0.4, 0.5) is 4.79 Å². The number of hydrogen-bond acceptors (Lipinski definition) is 2. The van der Waals surface area contributed by atoms with Crippen LogP contribution in [0.5, 0.6) is 0 Å². The highest BCUT2D eigenvalue weighted by Crippen LogP contribution is 2.04. The van der Waals surface area contributed by atoms with E-state index in [1.807, 2.05) is 32.7 Å². The van der Waals surface area contributed by atoms with E-state index in [1.165, 1.54) is 0 Å². The van der Waals surface area contributed by atoms with Crippen LogP contribution in [0.3, 0.4) is 0 Å². The number of urea groups is 1. The first-order valence-corrected chi connectivity index (χ1v) is 5.30. The van der Waals surface area contributed by atoms with Crippen LogP contribution >= 0.6 is 0 Å². The van der Waals surface area contributed by atoms with E-state index in [0.717, 1.165) is 19.5 Å². The Morgan fingerprint density at radius 1 is 1.36 bits per heavy atom. The summed E-state index contributed by atoms with van der Waals surface area (Å²) in [6.45, 7) is 8.14. The zero-order chi connectivity index (χ0) is 11.1. The molecule has 4 heteroatoms. The fourth-order valence-electron chi connectivity index (χ4n) is 1.34. The van der Waals surface area contributed by atoms with Gasteiger partial charge in [-0.25, -0.2) is 4.79 Å². The molecule has 0 aliphatic rings. The molecule has 0 bridgehead atoms. The highest BCUT2D eigenvalue weighted by Gasteiger charge is 2.18. The summed E-state index contributed by atoms with van der Waals surface area (Å²) in [5.41, 5.74) is 5.46. The second-order valence-electron chi connectivity index (χ2n) is 3.49. The number of hydrogen-bond donors (Lipinski definition) is 1. The lowest BCUT2D eigenvalue weighted by atomic mass is 10.2. The topological polar surface area (TPSA) is 49.6 Å². The van der Waals surface area contributed by atoms with Gasteiger partial charge in [0.15, 0.2) is 0 Å². The van der Waals surface area contributed by atoms with Crippen LogP contribution in [-0.2, 0) is 0 Å². The van der Waals surface area contributed by atoms with Crippen molar-refractivity contribution in [1.29, 1.82) is 0 Å². The molecular formula is C10H23N3O. The third-order valence-corrected chi connectivity index (χ3v) is 2.58. The lowest BCUT2D eigenvalue weighted by Gasteiger charge is -2.30. The van der Waals surface area contributed by atoms with Gasteiger partial charge in [0.25, 0.3) is 0 Å². The van der Waals surface area contributed by atoms with Gasteiger partial charge >= 0.3 is 6.03 Å². The molecule has 0 aromatic rings. The van der Waals surface area contributed by atoms with Crippen molar-refractivity contribution in [3.63, 3.8) is 0 Å². The zero-order valence-electron chi connectivity index (χ0n) is 9.79. The molecule has 0 spiro atoms. The van der Waals surface area contributed by atoms with Crippen molar-refractivity contribution in [2.45, 2.75) is 33.2 Å². The van der Waals surface area contributed by atoms with E-state index in [4.69, 9.17) is 5.73 Å². The summed E-state index contributed by atoms with van der Waals surface area (Å²) in [6, 6.07) is 0.309. The maximum absolute atomic E-state index is 11.8. The summed E-state index contributed by atoms with van der Waals surface area (Å²) < 4.78 is 0. The van der Waals surface area contributed by atoms with Crippen LogP contribution in [0.2, 0.25) is 0 Å². The van der Waals surface area contributed by atoms with Gasteiger partial charge in [-0.3, -0.25) is 0 Å². The van der Waals surface area contributed by atoms with Crippen molar-refractivity contribution < 1.29 is 4.79 Å². The van der Waals surface area contributed by atoms with Crippen LogP contribution in [0, 0.1) is 0 Å². The molecule has 2 amide bonds. The molecule has 0 aliphatic carbocycles. The zero-order valence-corrected chi connectivity index (χ0v) is 9.79. The lowest BCUT2D eigenvalue weighted by molar-refractivity contribution is 0.152. The molecular weight excluding hydrogens is 178 g/mol. The third kappa shape index (κ3) is 3.54. The Hall–Kier alpha value is -0.770. The Bertz CT molecular complexity index is 169. The summed E-state index contributed by atoms with van der Waals surface area (Å²) in [7, 11) is 1.83. The van der Waals surface area contributed by atoms with Crippen LogP contribution in [0.15, 0.2) is 0 Å². The quantitative estimate of drug-likeness (QED) is 0.724. The first-order chi connectivity index (χ1) is 6.58. The van der Waals surface area contributed by atoms with E-state index >= 15 is 0 Å². The molecule has 14 heavy (non-hydrogen) atoms. The van der Waals surface area contributed by atoms with E-state index < -0.39 is 0 Å². The molecule has 1 unspecified atom stereocenters. The van der Waals surface area contributed by atoms with E-state index in [0.29, 0.717) is 6.54 Å². The fraction of sp³-hybridized carbons (Fsp3) is 0.900. The van der Waals surface area contributed by atoms with Crippen molar-refractivity contribution in [3.05, 3.63) is 0 Å². The summed E-state index contributed by atoms with van der Waals surface area (Å²) in [4.78, 5) is 15.4. The Balaban J connectivity index is 4.21. The predicted octanol–water partition coefficient (Wildman–Crippen LogP) is 1.12. The standard InChI is InChI=1S/C10H23N3O/c1-5-13(6-2)10(14)12(4)9(3)7-8-11/h9H,5-8,11H2,1-4H3. The molecule has 0 radical (unpaired) electrons. The second kappa shape index (κ2) is 6.65. The monoisotopic (exact) mass is 201 g/mol. The smallest absolute Gasteiger partial charge is 0.319 e. The Labute approximate surface area is 87.0 Å². The minimum absolute atomic E-state index is 0.0935.